The van der Waals surface area contributed by atoms with E-state index >= 15 is 0 Å². The highest BCUT2D eigenvalue weighted by molar-refractivity contribution is 7.90. The summed E-state index contributed by atoms with van der Waals surface area (Å²) in [7, 11) is 0.184. The second kappa shape index (κ2) is 8.77. The highest BCUT2D eigenvalue weighted by Gasteiger charge is 2.22. The van der Waals surface area contributed by atoms with E-state index in [-0.39, 0.29) is 40.4 Å². The SMILES string of the molecule is CCOC(=O)c1ccc(S(C)(=O)=O)c(CONC(C)N(C)C)c1Cl. The summed E-state index contributed by atoms with van der Waals surface area (Å²) in [6, 6.07) is 2.68. The average Bonchev–Trinajstić information content (AvgIpc) is 2.47. The van der Waals surface area contributed by atoms with Crippen molar-refractivity contribution in [2.24, 2.45) is 0 Å². The fourth-order valence-corrected chi connectivity index (χ4v) is 3.07. The van der Waals surface area contributed by atoms with Crippen molar-refractivity contribution in [3.8, 4) is 0 Å². The summed E-state index contributed by atoms with van der Waals surface area (Å²) in [5.41, 5.74) is 3.08. The Balaban J connectivity index is 3.17. The number of carbonyl (C=O) groups excluding carboxylic acids is 1. The van der Waals surface area contributed by atoms with Crippen LogP contribution < -0.4 is 5.48 Å². The summed E-state index contributed by atoms with van der Waals surface area (Å²) in [6.45, 7) is 3.62. The lowest BCUT2D eigenvalue weighted by atomic mass is 10.1. The Morgan fingerprint density at radius 2 is 2.00 bits per heavy atom. The Kier molecular flexibility index (Phi) is 7.62. The van der Waals surface area contributed by atoms with E-state index in [2.05, 4.69) is 5.48 Å². The van der Waals surface area contributed by atoms with Crippen molar-refractivity contribution in [1.82, 2.24) is 10.4 Å². The second-order valence-corrected chi connectivity index (χ2v) is 7.80. The van der Waals surface area contributed by atoms with Gasteiger partial charge in [0, 0.05) is 11.8 Å². The number of ether oxygens (including phenoxy) is 1. The Morgan fingerprint density at radius 3 is 2.50 bits per heavy atom. The van der Waals surface area contributed by atoms with Crippen LogP contribution in [-0.2, 0) is 26.0 Å². The lowest BCUT2D eigenvalue weighted by Crippen LogP contribution is -2.38. The first-order chi connectivity index (χ1) is 11.1. The van der Waals surface area contributed by atoms with Crippen LogP contribution in [0.2, 0.25) is 5.02 Å². The number of benzene rings is 1. The minimum Gasteiger partial charge on any atom is -0.462 e. The van der Waals surface area contributed by atoms with Crippen molar-refractivity contribution in [2.45, 2.75) is 31.5 Å². The van der Waals surface area contributed by atoms with E-state index in [0.717, 1.165) is 6.26 Å². The zero-order chi connectivity index (χ0) is 18.5. The molecule has 1 rings (SSSR count). The third-order valence-electron chi connectivity index (χ3n) is 3.34. The maximum atomic E-state index is 12.0. The first-order valence-corrected chi connectivity index (χ1v) is 9.58. The molecular formula is C15H23ClN2O5S. The number of hydroxylamine groups is 1. The highest BCUT2D eigenvalue weighted by atomic mass is 35.5. The monoisotopic (exact) mass is 378 g/mol. The Labute approximate surface area is 147 Å². The van der Waals surface area contributed by atoms with Crippen molar-refractivity contribution in [2.75, 3.05) is 27.0 Å². The van der Waals surface area contributed by atoms with Crippen LogP contribution in [-0.4, -0.2) is 52.4 Å². The molecule has 0 amide bonds. The molecule has 0 spiro atoms. The maximum Gasteiger partial charge on any atom is 0.339 e. The molecule has 1 N–H and O–H groups in total. The van der Waals surface area contributed by atoms with Crippen molar-refractivity contribution in [1.29, 1.82) is 0 Å². The van der Waals surface area contributed by atoms with Crippen LogP contribution in [0.3, 0.4) is 0 Å². The van der Waals surface area contributed by atoms with Gasteiger partial charge in [0.05, 0.1) is 34.9 Å². The molecule has 0 heterocycles. The van der Waals surface area contributed by atoms with Crippen molar-refractivity contribution in [3.05, 3.63) is 28.3 Å². The van der Waals surface area contributed by atoms with Crippen molar-refractivity contribution in [3.63, 3.8) is 0 Å². The molecule has 9 heteroatoms. The molecule has 0 aliphatic rings. The third kappa shape index (κ3) is 5.42. The summed E-state index contributed by atoms with van der Waals surface area (Å²) >= 11 is 6.24. The number of esters is 1. The van der Waals surface area contributed by atoms with E-state index in [1.807, 2.05) is 25.9 Å². The number of carbonyl (C=O) groups is 1. The number of halogens is 1. The summed E-state index contributed by atoms with van der Waals surface area (Å²) < 4.78 is 28.8. The highest BCUT2D eigenvalue weighted by Crippen LogP contribution is 2.29. The van der Waals surface area contributed by atoms with Crippen molar-refractivity contribution < 1.29 is 22.8 Å². The van der Waals surface area contributed by atoms with Crippen LogP contribution in [0.25, 0.3) is 0 Å². The van der Waals surface area contributed by atoms with Gasteiger partial charge in [0.15, 0.2) is 9.84 Å². The standard InChI is InChI=1S/C15H23ClN2O5S/c1-6-22-15(19)11-7-8-13(24(5,20)21)12(14(11)16)9-23-17-10(2)18(3)4/h7-8,10,17H,6,9H2,1-5H3. The molecule has 136 valence electrons. The fraction of sp³-hybridized carbons (Fsp3) is 0.533. The quantitative estimate of drug-likeness (QED) is 0.419. The van der Waals surface area contributed by atoms with Gasteiger partial charge < -0.3 is 4.74 Å². The van der Waals surface area contributed by atoms with Gasteiger partial charge in [-0.15, -0.1) is 0 Å². The predicted octanol–water partition coefficient (Wildman–Crippen LogP) is 1.85. The molecule has 1 atom stereocenters. The zero-order valence-electron chi connectivity index (χ0n) is 14.4. The number of hydrogen-bond acceptors (Lipinski definition) is 7. The lowest BCUT2D eigenvalue weighted by molar-refractivity contribution is -0.0260. The number of nitrogens with one attached hydrogen (secondary N) is 1. The smallest absolute Gasteiger partial charge is 0.339 e. The minimum atomic E-state index is -3.53. The average molecular weight is 379 g/mol. The number of nitrogens with zero attached hydrogens (tertiary/aromatic N) is 1. The molecule has 0 aliphatic heterocycles. The summed E-state index contributed by atoms with van der Waals surface area (Å²) in [5.74, 6) is -0.613. The molecule has 1 unspecified atom stereocenters. The molecule has 0 saturated heterocycles. The van der Waals surface area contributed by atoms with Gasteiger partial charge in [-0.05, 0) is 40.1 Å². The molecule has 1 aromatic rings. The predicted molar refractivity (Wildman–Crippen MR) is 91.6 cm³/mol. The van der Waals surface area contributed by atoms with Gasteiger partial charge in [-0.3, -0.25) is 9.74 Å². The fourth-order valence-electron chi connectivity index (χ4n) is 1.79. The first kappa shape index (κ1) is 20.9. The molecule has 1 aromatic carbocycles. The maximum absolute atomic E-state index is 12.0. The minimum absolute atomic E-state index is 0.00989. The largest absolute Gasteiger partial charge is 0.462 e. The number of sulfone groups is 1. The number of rotatable bonds is 8. The van der Waals surface area contributed by atoms with Gasteiger partial charge in [-0.2, -0.15) is 5.48 Å². The van der Waals surface area contributed by atoms with Crippen LogP contribution in [0, 0.1) is 0 Å². The summed E-state index contributed by atoms with van der Waals surface area (Å²) in [5, 5.41) is 0.00989. The Morgan fingerprint density at radius 1 is 1.38 bits per heavy atom. The van der Waals surface area contributed by atoms with Crippen LogP contribution >= 0.6 is 11.6 Å². The van der Waals surface area contributed by atoms with Gasteiger partial charge in [0.2, 0.25) is 0 Å². The zero-order valence-corrected chi connectivity index (χ0v) is 16.0. The molecule has 0 aliphatic carbocycles. The van der Waals surface area contributed by atoms with Gasteiger partial charge in [-0.25, -0.2) is 13.2 Å². The number of hydrogen-bond donors (Lipinski definition) is 1. The Bertz CT molecular complexity index is 691. The third-order valence-corrected chi connectivity index (χ3v) is 4.95. The summed E-state index contributed by atoms with van der Waals surface area (Å²) in [4.78, 5) is 19.2. The van der Waals surface area contributed by atoms with Gasteiger partial charge >= 0.3 is 5.97 Å². The summed E-state index contributed by atoms with van der Waals surface area (Å²) in [6.07, 6.45) is 0.973. The van der Waals surface area contributed by atoms with E-state index in [9.17, 15) is 13.2 Å². The van der Waals surface area contributed by atoms with Crippen LogP contribution in [0.5, 0.6) is 0 Å². The van der Waals surface area contributed by atoms with E-state index in [4.69, 9.17) is 21.2 Å². The second-order valence-electron chi connectivity index (χ2n) is 5.44. The van der Waals surface area contributed by atoms with Crippen molar-refractivity contribution >= 4 is 27.4 Å². The van der Waals surface area contributed by atoms with Crippen LogP contribution in [0.1, 0.15) is 29.8 Å². The molecule has 0 fully saturated rings. The molecular weight excluding hydrogens is 356 g/mol. The first-order valence-electron chi connectivity index (χ1n) is 7.31. The molecule has 0 aromatic heterocycles. The van der Waals surface area contributed by atoms with E-state index < -0.39 is 15.8 Å². The Hall–Kier alpha value is -1.19. The van der Waals surface area contributed by atoms with Gasteiger partial charge in [0.25, 0.3) is 0 Å². The molecule has 0 radical (unpaired) electrons. The van der Waals surface area contributed by atoms with Crippen LogP contribution in [0.15, 0.2) is 17.0 Å². The van der Waals surface area contributed by atoms with Gasteiger partial charge in [0.1, 0.15) is 0 Å². The van der Waals surface area contributed by atoms with Crippen LogP contribution in [0.4, 0.5) is 0 Å². The normalized spacial score (nSPS) is 13.1. The molecule has 0 saturated carbocycles. The lowest BCUT2D eigenvalue weighted by Gasteiger charge is -2.21. The van der Waals surface area contributed by atoms with E-state index in [0.29, 0.717) is 0 Å². The van der Waals surface area contributed by atoms with Gasteiger partial charge in [-0.1, -0.05) is 11.6 Å². The topological polar surface area (TPSA) is 84.9 Å². The molecule has 0 bridgehead atoms. The molecule has 7 nitrogen and oxygen atoms in total. The van der Waals surface area contributed by atoms with E-state index in [1.165, 1.54) is 12.1 Å². The molecule has 24 heavy (non-hydrogen) atoms. The van der Waals surface area contributed by atoms with E-state index in [1.54, 1.807) is 6.92 Å².